The lowest BCUT2D eigenvalue weighted by Gasteiger charge is -2.35. The van der Waals surface area contributed by atoms with E-state index in [2.05, 4.69) is 4.74 Å². The second kappa shape index (κ2) is 8.71. The first-order valence-corrected chi connectivity index (χ1v) is 8.31. The van der Waals surface area contributed by atoms with Gasteiger partial charge in [0.05, 0.1) is 31.2 Å². The van der Waals surface area contributed by atoms with Crippen LogP contribution in [0.25, 0.3) is 0 Å². The number of amides is 2. The highest BCUT2D eigenvalue weighted by Gasteiger charge is 2.26. The van der Waals surface area contributed by atoms with E-state index in [1.54, 1.807) is 28.0 Å². The molecule has 25 heavy (non-hydrogen) atoms. The van der Waals surface area contributed by atoms with Crippen LogP contribution in [0.3, 0.4) is 0 Å². The van der Waals surface area contributed by atoms with Crippen molar-refractivity contribution in [2.24, 2.45) is 0 Å². The number of hydrogen-bond acceptors (Lipinski definition) is 5. The summed E-state index contributed by atoms with van der Waals surface area (Å²) in [7, 11) is 2.82. The van der Waals surface area contributed by atoms with Crippen LogP contribution in [0, 0.1) is 0 Å². The lowest BCUT2D eigenvalue weighted by atomic mass is 10.1. The number of carbonyl (C=O) groups is 3. The van der Waals surface area contributed by atoms with Gasteiger partial charge in [0.2, 0.25) is 5.91 Å². The lowest BCUT2D eigenvalue weighted by molar-refractivity contribution is -0.143. The van der Waals surface area contributed by atoms with Crippen molar-refractivity contribution >= 4 is 29.4 Å². The van der Waals surface area contributed by atoms with Gasteiger partial charge in [0.15, 0.2) is 0 Å². The lowest BCUT2D eigenvalue weighted by Crippen LogP contribution is -2.50. The summed E-state index contributed by atoms with van der Waals surface area (Å²) in [6.07, 6.45) is 0.181. The smallest absolute Gasteiger partial charge is 0.306 e. The van der Waals surface area contributed by atoms with Crippen LogP contribution in [-0.2, 0) is 14.3 Å². The van der Waals surface area contributed by atoms with Crippen molar-refractivity contribution in [2.75, 3.05) is 40.4 Å². The fourth-order valence-corrected chi connectivity index (χ4v) is 2.85. The minimum Gasteiger partial charge on any atom is -0.497 e. The molecule has 0 saturated carbocycles. The number of esters is 1. The standard InChI is InChI=1S/C17H21ClN2O5/c1-24-12-3-4-13(14(18)11-12)17(23)20-9-7-19(8-10-20)15(21)5-6-16(22)25-2/h3-4,11H,5-10H2,1-2H3. The maximum absolute atomic E-state index is 12.6. The van der Waals surface area contributed by atoms with Gasteiger partial charge in [-0.05, 0) is 18.2 Å². The third kappa shape index (κ3) is 4.85. The van der Waals surface area contributed by atoms with Crippen LogP contribution in [0.15, 0.2) is 18.2 Å². The summed E-state index contributed by atoms with van der Waals surface area (Å²) in [6, 6.07) is 4.92. The number of methoxy groups -OCH3 is 2. The van der Waals surface area contributed by atoms with Crippen LogP contribution in [0.5, 0.6) is 5.75 Å². The van der Waals surface area contributed by atoms with E-state index in [1.165, 1.54) is 14.2 Å². The van der Waals surface area contributed by atoms with E-state index in [1.807, 2.05) is 0 Å². The minimum absolute atomic E-state index is 0.0654. The summed E-state index contributed by atoms with van der Waals surface area (Å²) >= 11 is 6.15. The highest BCUT2D eigenvalue weighted by molar-refractivity contribution is 6.34. The van der Waals surface area contributed by atoms with E-state index >= 15 is 0 Å². The Bertz CT molecular complexity index is 656. The Kier molecular flexibility index (Phi) is 6.64. The third-order valence-electron chi connectivity index (χ3n) is 4.10. The molecule has 0 spiro atoms. The number of nitrogens with zero attached hydrogens (tertiary/aromatic N) is 2. The molecule has 1 heterocycles. The molecule has 8 heteroatoms. The molecule has 1 aromatic carbocycles. The molecule has 0 N–H and O–H groups in total. The maximum Gasteiger partial charge on any atom is 0.306 e. The molecule has 2 amide bonds. The molecule has 0 bridgehead atoms. The molecule has 1 aliphatic heterocycles. The molecular weight excluding hydrogens is 348 g/mol. The monoisotopic (exact) mass is 368 g/mol. The van der Waals surface area contributed by atoms with Crippen molar-refractivity contribution in [1.29, 1.82) is 0 Å². The van der Waals surface area contributed by atoms with Gasteiger partial charge in [0, 0.05) is 32.6 Å². The molecule has 1 aliphatic rings. The molecule has 0 aliphatic carbocycles. The van der Waals surface area contributed by atoms with Gasteiger partial charge in [-0.3, -0.25) is 14.4 Å². The minimum atomic E-state index is -0.406. The molecular formula is C17H21ClN2O5. The van der Waals surface area contributed by atoms with E-state index in [0.29, 0.717) is 42.5 Å². The molecule has 136 valence electrons. The van der Waals surface area contributed by atoms with Crippen LogP contribution in [0.4, 0.5) is 0 Å². The molecule has 0 aromatic heterocycles. The summed E-state index contributed by atoms with van der Waals surface area (Å²) in [5, 5.41) is 0.334. The van der Waals surface area contributed by atoms with Crippen LogP contribution in [-0.4, -0.2) is 68.0 Å². The zero-order chi connectivity index (χ0) is 18.4. The number of hydrogen-bond donors (Lipinski definition) is 0. The van der Waals surface area contributed by atoms with Crippen molar-refractivity contribution in [3.05, 3.63) is 28.8 Å². The second-order valence-electron chi connectivity index (χ2n) is 5.59. The Morgan fingerprint density at radius 3 is 2.24 bits per heavy atom. The van der Waals surface area contributed by atoms with E-state index < -0.39 is 5.97 Å². The highest BCUT2D eigenvalue weighted by Crippen LogP contribution is 2.24. The summed E-state index contributed by atoms with van der Waals surface area (Å²) in [6.45, 7) is 1.70. The average molecular weight is 369 g/mol. The van der Waals surface area contributed by atoms with Crippen LogP contribution in [0.1, 0.15) is 23.2 Å². The highest BCUT2D eigenvalue weighted by atomic mass is 35.5. The number of carbonyl (C=O) groups excluding carboxylic acids is 3. The van der Waals surface area contributed by atoms with Crippen molar-refractivity contribution < 1.29 is 23.9 Å². The summed E-state index contributed by atoms with van der Waals surface area (Å²) < 4.78 is 9.61. The molecule has 2 rings (SSSR count). The number of benzene rings is 1. The first-order valence-electron chi connectivity index (χ1n) is 7.93. The Morgan fingerprint density at radius 1 is 1.04 bits per heavy atom. The fraction of sp³-hybridized carbons (Fsp3) is 0.471. The normalized spacial score (nSPS) is 14.2. The molecule has 0 unspecified atom stereocenters. The topological polar surface area (TPSA) is 76.2 Å². The Morgan fingerprint density at radius 2 is 1.68 bits per heavy atom. The van der Waals surface area contributed by atoms with Crippen molar-refractivity contribution in [1.82, 2.24) is 9.80 Å². The Labute approximate surface area is 151 Å². The number of halogens is 1. The van der Waals surface area contributed by atoms with Gasteiger partial charge in [0.25, 0.3) is 5.91 Å². The molecule has 1 saturated heterocycles. The summed E-state index contributed by atoms with van der Waals surface area (Å²) in [5.74, 6) is -0.104. The van der Waals surface area contributed by atoms with Gasteiger partial charge in [-0.2, -0.15) is 0 Å². The van der Waals surface area contributed by atoms with E-state index in [-0.39, 0.29) is 24.7 Å². The van der Waals surface area contributed by atoms with Crippen LogP contribution < -0.4 is 4.74 Å². The molecule has 1 fully saturated rings. The first-order chi connectivity index (χ1) is 12.0. The van der Waals surface area contributed by atoms with E-state index in [4.69, 9.17) is 16.3 Å². The SMILES string of the molecule is COC(=O)CCC(=O)N1CCN(C(=O)c2ccc(OC)cc2Cl)CC1. The Balaban J connectivity index is 1.90. The van der Waals surface area contributed by atoms with Gasteiger partial charge >= 0.3 is 5.97 Å². The van der Waals surface area contributed by atoms with Crippen molar-refractivity contribution in [3.8, 4) is 5.75 Å². The average Bonchev–Trinajstić information content (AvgIpc) is 2.65. The van der Waals surface area contributed by atoms with E-state index in [9.17, 15) is 14.4 Å². The number of piperazine rings is 1. The zero-order valence-electron chi connectivity index (χ0n) is 14.3. The maximum atomic E-state index is 12.6. The molecule has 7 nitrogen and oxygen atoms in total. The van der Waals surface area contributed by atoms with Crippen molar-refractivity contribution in [3.63, 3.8) is 0 Å². The van der Waals surface area contributed by atoms with Gasteiger partial charge in [-0.15, -0.1) is 0 Å². The summed E-state index contributed by atoms with van der Waals surface area (Å²) in [4.78, 5) is 39.1. The zero-order valence-corrected chi connectivity index (χ0v) is 15.0. The first kappa shape index (κ1) is 19.1. The molecule has 1 aromatic rings. The van der Waals surface area contributed by atoms with E-state index in [0.717, 1.165) is 0 Å². The number of rotatable bonds is 5. The summed E-state index contributed by atoms with van der Waals surface area (Å²) in [5.41, 5.74) is 0.410. The predicted octanol–water partition coefficient (Wildman–Crippen LogP) is 1.59. The molecule has 0 radical (unpaired) electrons. The van der Waals surface area contributed by atoms with Crippen molar-refractivity contribution in [2.45, 2.75) is 12.8 Å². The Hall–Kier alpha value is -2.28. The quantitative estimate of drug-likeness (QED) is 0.738. The largest absolute Gasteiger partial charge is 0.497 e. The van der Waals surface area contributed by atoms with Crippen LogP contribution >= 0.6 is 11.6 Å². The second-order valence-corrected chi connectivity index (χ2v) is 6.00. The van der Waals surface area contributed by atoms with Crippen LogP contribution in [0.2, 0.25) is 5.02 Å². The van der Waals surface area contributed by atoms with Gasteiger partial charge in [-0.25, -0.2) is 0 Å². The number of ether oxygens (including phenoxy) is 2. The van der Waals surface area contributed by atoms with Gasteiger partial charge in [0.1, 0.15) is 5.75 Å². The predicted molar refractivity (Wildman–Crippen MR) is 91.7 cm³/mol. The van der Waals surface area contributed by atoms with Gasteiger partial charge in [-0.1, -0.05) is 11.6 Å². The molecule has 0 atom stereocenters. The van der Waals surface area contributed by atoms with Gasteiger partial charge < -0.3 is 19.3 Å². The third-order valence-corrected chi connectivity index (χ3v) is 4.41. The fourth-order valence-electron chi connectivity index (χ4n) is 2.59.